The molecule has 0 radical (unpaired) electrons. The van der Waals surface area contributed by atoms with Gasteiger partial charge in [0.15, 0.2) is 0 Å². The van der Waals surface area contributed by atoms with Gasteiger partial charge in [-0.25, -0.2) is 0 Å². The summed E-state index contributed by atoms with van der Waals surface area (Å²) >= 11 is 0. The second kappa shape index (κ2) is 8.24. The summed E-state index contributed by atoms with van der Waals surface area (Å²) in [5.74, 6) is -0.208. The minimum absolute atomic E-state index is 0.112. The number of rotatable bonds is 8. The molecule has 0 aromatic heterocycles. The van der Waals surface area contributed by atoms with Gasteiger partial charge in [-0.15, -0.1) is 13.2 Å². The maximum absolute atomic E-state index is 12.3. The third-order valence-corrected chi connectivity index (χ3v) is 3.35. The topological polar surface area (TPSA) is 38.5 Å². The molecule has 0 fully saturated rings. The van der Waals surface area contributed by atoms with E-state index in [2.05, 4.69) is 16.6 Å². The van der Waals surface area contributed by atoms with E-state index < -0.39 is 6.36 Å². The summed E-state index contributed by atoms with van der Waals surface area (Å²) < 4.78 is 40.7. The van der Waals surface area contributed by atoms with Crippen LogP contribution in [0.5, 0.6) is 5.75 Å². The molecule has 0 saturated heterocycles. The molecule has 0 heterocycles. The molecule has 0 spiro atoms. The van der Waals surface area contributed by atoms with Crippen LogP contribution in [0.2, 0.25) is 0 Å². The van der Waals surface area contributed by atoms with Gasteiger partial charge in [0.05, 0.1) is 0 Å². The molecule has 1 aromatic carbocycles. The van der Waals surface area contributed by atoms with Crippen molar-refractivity contribution in [2.75, 3.05) is 20.1 Å². The molecule has 0 aliphatic carbocycles. The van der Waals surface area contributed by atoms with E-state index in [0.29, 0.717) is 6.54 Å². The summed E-state index contributed by atoms with van der Waals surface area (Å²) in [7, 11) is 1.93. The first-order valence-corrected chi connectivity index (χ1v) is 7.13. The molecule has 1 unspecified atom stereocenters. The number of alkyl halides is 3. The molecule has 2 N–H and O–H groups in total. The van der Waals surface area contributed by atoms with Crippen molar-refractivity contribution in [2.45, 2.75) is 38.6 Å². The van der Waals surface area contributed by atoms with Gasteiger partial charge in [-0.2, -0.15) is 0 Å². The van der Waals surface area contributed by atoms with E-state index in [1.165, 1.54) is 12.1 Å². The van der Waals surface area contributed by atoms with E-state index in [1.807, 2.05) is 7.05 Å². The van der Waals surface area contributed by atoms with E-state index in [1.54, 1.807) is 12.1 Å². The fourth-order valence-electron chi connectivity index (χ4n) is 2.26. The lowest BCUT2D eigenvalue weighted by atomic mass is 10.0. The lowest BCUT2D eigenvalue weighted by Crippen LogP contribution is -2.31. The first-order valence-electron chi connectivity index (χ1n) is 7.13. The second-order valence-corrected chi connectivity index (χ2v) is 5.06. The van der Waals surface area contributed by atoms with Gasteiger partial charge in [0, 0.05) is 12.6 Å². The Balaban J connectivity index is 2.78. The smallest absolute Gasteiger partial charge is 0.406 e. The summed E-state index contributed by atoms with van der Waals surface area (Å²) in [4.78, 5) is 2.07. The lowest BCUT2D eigenvalue weighted by Gasteiger charge is -2.27. The van der Waals surface area contributed by atoms with Crippen molar-refractivity contribution >= 4 is 0 Å². The van der Waals surface area contributed by atoms with Crippen LogP contribution in [0.4, 0.5) is 13.2 Å². The van der Waals surface area contributed by atoms with Gasteiger partial charge in [0.25, 0.3) is 0 Å². The highest BCUT2D eigenvalue weighted by Gasteiger charge is 2.31. The van der Waals surface area contributed by atoms with Crippen molar-refractivity contribution in [1.29, 1.82) is 0 Å². The highest BCUT2D eigenvalue weighted by molar-refractivity contribution is 5.31. The predicted molar refractivity (Wildman–Crippen MR) is 77.1 cm³/mol. The largest absolute Gasteiger partial charge is 0.573 e. The molecule has 1 rings (SSSR count). The molecule has 0 amide bonds. The first kappa shape index (κ1) is 17.8. The fourth-order valence-corrected chi connectivity index (χ4v) is 2.26. The Morgan fingerprint density at radius 2 is 2.00 bits per heavy atom. The maximum Gasteiger partial charge on any atom is 0.573 e. The number of nitrogens with two attached hydrogens (primary N) is 1. The Kier molecular flexibility index (Phi) is 6.98. The number of ether oxygens (including phenoxy) is 1. The first-order chi connectivity index (χ1) is 9.87. The minimum Gasteiger partial charge on any atom is -0.406 e. The van der Waals surface area contributed by atoms with Gasteiger partial charge in [-0.05, 0) is 37.7 Å². The molecular formula is C15H23F3N2O. The maximum atomic E-state index is 12.3. The van der Waals surface area contributed by atoms with Crippen LogP contribution in [0.25, 0.3) is 0 Å². The molecule has 1 aromatic rings. The van der Waals surface area contributed by atoms with Gasteiger partial charge in [0.1, 0.15) is 5.75 Å². The minimum atomic E-state index is -4.68. The molecule has 0 aliphatic rings. The van der Waals surface area contributed by atoms with Crippen LogP contribution in [-0.2, 0) is 0 Å². The standard InChI is InChI=1S/C15H23F3N2O/c1-3-4-5-9-20(2)14(11-19)12-7-6-8-13(10-12)21-15(16,17)18/h6-8,10,14H,3-5,9,11,19H2,1-2H3. The summed E-state index contributed by atoms with van der Waals surface area (Å²) in [6.45, 7) is 3.33. The monoisotopic (exact) mass is 304 g/mol. The number of halogens is 3. The molecule has 0 saturated carbocycles. The normalized spacial score (nSPS) is 13.5. The average Bonchev–Trinajstić information content (AvgIpc) is 2.38. The molecular weight excluding hydrogens is 281 g/mol. The van der Waals surface area contributed by atoms with Crippen molar-refractivity contribution in [2.24, 2.45) is 5.73 Å². The van der Waals surface area contributed by atoms with Gasteiger partial charge in [-0.3, -0.25) is 4.90 Å². The van der Waals surface area contributed by atoms with Crippen LogP contribution in [0.3, 0.4) is 0 Å². The van der Waals surface area contributed by atoms with Crippen LogP contribution in [0, 0.1) is 0 Å². The zero-order valence-electron chi connectivity index (χ0n) is 12.5. The Labute approximate surface area is 123 Å². The number of hydrogen-bond donors (Lipinski definition) is 1. The molecule has 3 nitrogen and oxygen atoms in total. The van der Waals surface area contributed by atoms with E-state index >= 15 is 0 Å². The summed E-state index contributed by atoms with van der Waals surface area (Å²) in [5, 5.41) is 0. The van der Waals surface area contributed by atoms with Crippen molar-refractivity contribution in [3.63, 3.8) is 0 Å². The fraction of sp³-hybridized carbons (Fsp3) is 0.600. The number of nitrogens with zero attached hydrogens (tertiary/aromatic N) is 1. The number of likely N-dealkylation sites (N-methyl/N-ethyl adjacent to an activating group) is 1. The molecule has 120 valence electrons. The van der Waals surface area contributed by atoms with Gasteiger partial charge in [-0.1, -0.05) is 31.9 Å². The van der Waals surface area contributed by atoms with E-state index in [4.69, 9.17) is 5.73 Å². The van der Waals surface area contributed by atoms with Crippen LogP contribution >= 0.6 is 0 Å². The Morgan fingerprint density at radius 3 is 2.57 bits per heavy atom. The van der Waals surface area contributed by atoms with E-state index in [-0.39, 0.29) is 11.8 Å². The molecule has 0 bridgehead atoms. The average molecular weight is 304 g/mol. The Morgan fingerprint density at radius 1 is 1.29 bits per heavy atom. The summed E-state index contributed by atoms with van der Waals surface area (Å²) in [6.07, 6.45) is -1.39. The highest BCUT2D eigenvalue weighted by Crippen LogP contribution is 2.27. The van der Waals surface area contributed by atoms with Crippen molar-refractivity contribution < 1.29 is 17.9 Å². The number of unbranched alkanes of at least 4 members (excludes halogenated alkanes) is 2. The Bertz CT molecular complexity index is 424. The van der Waals surface area contributed by atoms with Crippen molar-refractivity contribution in [3.05, 3.63) is 29.8 Å². The predicted octanol–water partition coefficient (Wildman–Crippen LogP) is 3.71. The number of hydrogen-bond acceptors (Lipinski definition) is 3. The van der Waals surface area contributed by atoms with Crippen molar-refractivity contribution in [1.82, 2.24) is 4.90 Å². The van der Waals surface area contributed by atoms with Crippen LogP contribution < -0.4 is 10.5 Å². The molecule has 6 heteroatoms. The van der Waals surface area contributed by atoms with E-state index in [9.17, 15) is 13.2 Å². The van der Waals surface area contributed by atoms with Gasteiger partial charge in [0.2, 0.25) is 0 Å². The summed E-state index contributed by atoms with van der Waals surface area (Å²) in [6, 6.07) is 5.91. The van der Waals surface area contributed by atoms with E-state index in [0.717, 1.165) is 31.4 Å². The van der Waals surface area contributed by atoms with Crippen LogP contribution in [-0.4, -0.2) is 31.4 Å². The zero-order valence-corrected chi connectivity index (χ0v) is 12.5. The zero-order chi connectivity index (χ0) is 15.9. The molecule has 0 aliphatic heterocycles. The molecule has 21 heavy (non-hydrogen) atoms. The van der Waals surface area contributed by atoms with Crippen LogP contribution in [0.1, 0.15) is 37.8 Å². The van der Waals surface area contributed by atoms with Crippen molar-refractivity contribution in [3.8, 4) is 5.75 Å². The van der Waals surface area contributed by atoms with Gasteiger partial charge < -0.3 is 10.5 Å². The summed E-state index contributed by atoms with van der Waals surface area (Å²) in [5.41, 5.74) is 6.52. The van der Waals surface area contributed by atoms with Crippen LogP contribution in [0.15, 0.2) is 24.3 Å². The quantitative estimate of drug-likeness (QED) is 0.744. The SMILES string of the molecule is CCCCCN(C)C(CN)c1cccc(OC(F)(F)F)c1. The van der Waals surface area contributed by atoms with Gasteiger partial charge >= 0.3 is 6.36 Å². The second-order valence-electron chi connectivity index (χ2n) is 5.06. The third-order valence-electron chi connectivity index (χ3n) is 3.35. The Hall–Kier alpha value is -1.27. The number of benzene rings is 1. The molecule has 1 atom stereocenters. The third kappa shape index (κ3) is 6.35. The lowest BCUT2D eigenvalue weighted by molar-refractivity contribution is -0.274. The highest BCUT2D eigenvalue weighted by atomic mass is 19.4.